The van der Waals surface area contributed by atoms with Gasteiger partial charge in [0.25, 0.3) is 0 Å². The van der Waals surface area contributed by atoms with Gasteiger partial charge in [-0.3, -0.25) is 4.99 Å². The zero-order chi connectivity index (χ0) is 18.5. The zero-order valence-electron chi connectivity index (χ0n) is 16.6. The van der Waals surface area contributed by atoms with Gasteiger partial charge in [-0.15, -0.1) is 24.0 Å². The highest BCUT2D eigenvalue weighted by atomic mass is 127. The third-order valence-corrected chi connectivity index (χ3v) is 5.57. The number of guanidine groups is 1. The van der Waals surface area contributed by atoms with Crippen molar-refractivity contribution in [1.29, 1.82) is 0 Å². The first-order valence-electron chi connectivity index (χ1n) is 10.2. The van der Waals surface area contributed by atoms with E-state index in [1.807, 2.05) is 13.1 Å². The van der Waals surface area contributed by atoms with E-state index in [9.17, 15) is 0 Å². The van der Waals surface area contributed by atoms with Gasteiger partial charge in [0.15, 0.2) is 5.96 Å². The van der Waals surface area contributed by atoms with Crippen molar-refractivity contribution in [2.75, 3.05) is 40.0 Å². The predicted octanol–water partition coefficient (Wildman–Crippen LogP) is 3.05. The Morgan fingerprint density at radius 1 is 1.18 bits per heavy atom. The van der Waals surface area contributed by atoms with Crippen LogP contribution in [0.1, 0.15) is 31.2 Å². The molecule has 156 valence electrons. The van der Waals surface area contributed by atoms with Crippen LogP contribution in [-0.2, 0) is 16.0 Å². The number of para-hydroxylation sites is 1. The third kappa shape index (κ3) is 5.73. The quantitative estimate of drug-likeness (QED) is 0.369. The van der Waals surface area contributed by atoms with Crippen LogP contribution < -0.4 is 10.1 Å². The molecule has 3 fully saturated rings. The molecule has 28 heavy (non-hydrogen) atoms. The van der Waals surface area contributed by atoms with E-state index in [-0.39, 0.29) is 36.2 Å². The molecule has 2 aliphatic heterocycles. The van der Waals surface area contributed by atoms with Crippen LogP contribution in [0.25, 0.3) is 0 Å². The van der Waals surface area contributed by atoms with E-state index in [1.165, 1.54) is 18.4 Å². The average Bonchev–Trinajstić information content (AvgIpc) is 3.38. The van der Waals surface area contributed by atoms with Crippen molar-refractivity contribution in [3.63, 3.8) is 0 Å². The summed E-state index contributed by atoms with van der Waals surface area (Å²) in [6.45, 7) is 4.78. The van der Waals surface area contributed by atoms with Gasteiger partial charge in [0.1, 0.15) is 11.9 Å². The van der Waals surface area contributed by atoms with Gasteiger partial charge in [-0.2, -0.15) is 0 Å². The number of morpholine rings is 1. The van der Waals surface area contributed by atoms with Crippen LogP contribution in [0.15, 0.2) is 29.3 Å². The van der Waals surface area contributed by atoms with Crippen LogP contribution in [0, 0.1) is 5.92 Å². The van der Waals surface area contributed by atoms with Gasteiger partial charge < -0.3 is 24.4 Å². The first-order chi connectivity index (χ1) is 13.3. The van der Waals surface area contributed by atoms with Crippen LogP contribution in [-0.4, -0.2) is 63.0 Å². The Labute approximate surface area is 185 Å². The molecule has 1 aliphatic carbocycles. The Bertz CT molecular complexity index is 648. The summed E-state index contributed by atoms with van der Waals surface area (Å²) in [5.41, 5.74) is 1.17. The monoisotopic (exact) mass is 501 g/mol. The van der Waals surface area contributed by atoms with E-state index >= 15 is 0 Å². The Morgan fingerprint density at radius 3 is 2.75 bits per heavy atom. The summed E-state index contributed by atoms with van der Waals surface area (Å²) in [5.74, 6) is 2.65. The molecule has 4 rings (SSSR count). The molecular formula is C21H32IN3O3. The highest BCUT2D eigenvalue weighted by molar-refractivity contribution is 14.0. The summed E-state index contributed by atoms with van der Waals surface area (Å²) >= 11 is 0. The van der Waals surface area contributed by atoms with E-state index in [0.717, 1.165) is 56.8 Å². The van der Waals surface area contributed by atoms with Gasteiger partial charge in [-0.05, 0) is 37.7 Å². The van der Waals surface area contributed by atoms with Gasteiger partial charge in [0.2, 0.25) is 0 Å². The standard InChI is InChI=1S/C21H31N3O3.HI/c1-22-21(24-10-12-26-20(14-24)19-7-4-11-25-19)23-13-17-5-2-3-6-18(17)27-15-16-8-9-16;/h2-3,5-6,16,19-20H,4,7-15H2,1H3,(H,22,23);1H. The maximum atomic E-state index is 6.03. The fraction of sp³-hybridized carbons (Fsp3) is 0.667. The summed E-state index contributed by atoms with van der Waals surface area (Å²) in [6.07, 6.45) is 5.19. The third-order valence-electron chi connectivity index (χ3n) is 5.57. The molecule has 6 nitrogen and oxygen atoms in total. The number of halogens is 1. The maximum Gasteiger partial charge on any atom is 0.194 e. The summed E-state index contributed by atoms with van der Waals surface area (Å²) in [5, 5.41) is 3.51. The van der Waals surface area contributed by atoms with E-state index in [2.05, 4.69) is 33.4 Å². The maximum absolute atomic E-state index is 6.03. The topological polar surface area (TPSA) is 55.3 Å². The molecule has 1 saturated carbocycles. The Morgan fingerprint density at radius 2 is 2.00 bits per heavy atom. The minimum atomic E-state index is 0. The van der Waals surface area contributed by atoms with Crippen LogP contribution in [0.4, 0.5) is 0 Å². The lowest BCUT2D eigenvalue weighted by Crippen LogP contribution is -2.53. The van der Waals surface area contributed by atoms with Gasteiger partial charge in [-0.1, -0.05) is 18.2 Å². The largest absolute Gasteiger partial charge is 0.493 e. The van der Waals surface area contributed by atoms with Crippen molar-refractivity contribution in [3.05, 3.63) is 29.8 Å². The number of benzene rings is 1. The second-order valence-electron chi connectivity index (χ2n) is 7.67. The smallest absolute Gasteiger partial charge is 0.194 e. The molecule has 0 bridgehead atoms. The Hall–Kier alpha value is -1.06. The molecule has 2 atom stereocenters. The molecule has 1 aromatic carbocycles. The van der Waals surface area contributed by atoms with Gasteiger partial charge >= 0.3 is 0 Å². The van der Waals surface area contributed by atoms with Gasteiger partial charge in [0, 0.05) is 38.9 Å². The van der Waals surface area contributed by atoms with Crippen molar-refractivity contribution < 1.29 is 14.2 Å². The van der Waals surface area contributed by atoms with Crippen molar-refractivity contribution in [1.82, 2.24) is 10.2 Å². The highest BCUT2D eigenvalue weighted by Gasteiger charge is 2.32. The molecule has 0 spiro atoms. The van der Waals surface area contributed by atoms with Crippen LogP contribution >= 0.6 is 24.0 Å². The highest BCUT2D eigenvalue weighted by Crippen LogP contribution is 2.30. The molecule has 3 aliphatic rings. The second-order valence-corrected chi connectivity index (χ2v) is 7.67. The van der Waals surface area contributed by atoms with Crippen molar-refractivity contribution in [2.45, 2.75) is 44.4 Å². The number of rotatable bonds is 6. The van der Waals surface area contributed by atoms with E-state index in [1.54, 1.807) is 0 Å². The SMILES string of the molecule is CN=C(NCc1ccccc1OCC1CC1)N1CCOC(C2CCCO2)C1.I. The number of nitrogens with zero attached hydrogens (tertiary/aromatic N) is 2. The summed E-state index contributed by atoms with van der Waals surface area (Å²) in [4.78, 5) is 6.78. The minimum Gasteiger partial charge on any atom is -0.493 e. The molecule has 1 N–H and O–H groups in total. The zero-order valence-corrected chi connectivity index (χ0v) is 19.0. The number of hydrogen-bond donors (Lipinski definition) is 1. The van der Waals surface area contributed by atoms with Crippen molar-refractivity contribution >= 4 is 29.9 Å². The summed E-state index contributed by atoms with van der Waals surface area (Å²) in [6, 6.07) is 8.28. The summed E-state index contributed by atoms with van der Waals surface area (Å²) < 4.78 is 17.8. The van der Waals surface area contributed by atoms with Crippen LogP contribution in [0.3, 0.4) is 0 Å². The molecule has 2 saturated heterocycles. The lowest BCUT2D eigenvalue weighted by Gasteiger charge is -2.37. The molecule has 2 unspecified atom stereocenters. The fourth-order valence-corrected chi connectivity index (χ4v) is 3.78. The number of aliphatic imine (C=N–C) groups is 1. The fourth-order valence-electron chi connectivity index (χ4n) is 3.78. The molecule has 0 aromatic heterocycles. The first kappa shape index (κ1) is 21.6. The Kier molecular flexibility index (Phi) is 8.23. The van der Waals surface area contributed by atoms with Crippen LogP contribution in [0.5, 0.6) is 5.75 Å². The number of ether oxygens (including phenoxy) is 3. The average molecular weight is 501 g/mol. The molecule has 1 aromatic rings. The number of nitrogens with one attached hydrogen (secondary N) is 1. The van der Waals surface area contributed by atoms with Crippen molar-refractivity contribution in [2.24, 2.45) is 10.9 Å². The van der Waals surface area contributed by atoms with Crippen molar-refractivity contribution in [3.8, 4) is 5.75 Å². The number of hydrogen-bond acceptors (Lipinski definition) is 4. The molecule has 2 heterocycles. The van der Waals surface area contributed by atoms with E-state index in [0.29, 0.717) is 13.2 Å². The van der Waals surface area contributed by atoms with Crippen LogP contribution in [0.2, 0.25) is 0 Å². The molecule has 0 amide bonds. The van der Waals surface area contributed by atoms with Gasteiger partial charge in [0.05, 0.1) is 19.3 Å². The van der Waals surface area contributed by atoms with Gasteiger partial charge in [-0.25, -0.2) is 0 Å². The minimum absolute atomic E-state index is 0. The normalized spacial score (nSPS) is 25.3. The lowest BCUT2D eigenvalue weighted by atomic mass is 10.1. The van der Waals surface area contributed by atoms with E-state index in [4.69, 9.17) is 14.2 Å². The predicted molar refractivity (Wildman–Crippen MR) is 121 cm³/mol. The van der Waals surface area contributed by atoms with E-state index < -0.39 is 0 Å². The molecular weight excluding hydrogens is 469 g/mol. The lowest BCUT2D eigenvalue weighted by molar-refractivity contribution is -0.0817. The molecule has 0 radical (unpaired) electrons. The molecule has 7 heteroatoms. The Balaban J connectivity index is 0.00000225. The summed E-state index contributed by atoms with van der Waals surface area (Å²) in [7, 11) is 1.84. The first-order valence-corrected chi connectivity index (χ1v) is 10.2. The second kappa shape index (κ2) is 10.6.